The number of aliphatic hydroxyl groups excluding tert-OH is 1. The van der Waals surface area contributed by atoms with Gasteiger partial charge in [0.05, 0.1) is 6.61 Å². The molecule has 3 aromatic rings. The number of carboxylic acid groups (broad SMARTS) is 1. The molecule has 0 aliphatic rings. The molecule has 0 aliphatic heterocycles. The minimum Gasteiger partial charge on any atom is -0.488 e. The van der Waals surface area contributed by atoms with Crippen molar-refractivity contribution in [2.24, 2.45) is 0 Å². The minimum atomic E-state index is -1.03. The van der Waals surface area contributed by atoms with Crippen molar-refractivity contribution in [1.29, 1.82) is 0 Å². The van der Waals surface area contributed by atoms with Crippen molar-refractivity contribution in [3.05, 3.63) is 71.8 Å². The third-order valence-electron chi connectivity index (χ3n) is 4.33. The molecular weight excluding hydrogens is 330 g/mol. The summed E-state index contributed by atoms with van der Waals surface area (Å²) in [6.45, 7) is 0.743. The number of ether oxygens (including phenoxy) is 1. The Bertz CT molecular complexity index is 918. The third-order valence-corrected chi connectivity index (χ3v) is 4.33. The molecular formula is C21H21NO4. The van der Waals surface area contributed by atoms with Crippen molar-refractivity contribution in [3.8, 4) is 5.75 Å². The summed E-state index contributed by atoms with van der Waals surface area (Å²) in [7, 11) is 1.83. The van der Waals surface area contributed by atoms with Crippen molar-refractivity contribution in [2.45, 2.75) is 6.61 Å². The maximum Gasteiger partial charge on any atom is 0.339 e. The van der Waals surface area contributed by atoms with Crippen LogP contribution in [0.3, 0.4) is 0 Å². The van der Waals surface area contributed by atoms with E-state index in [0.717, 1.165) is 22.0 Å². The molecule has 0 atom stereocenters. The van der Waals surface area contributed by atoms with Gasteiger partial charge in [-0.05, 0) is 28.5 Å². The summed E-state index contributed by atoms with van der Waals surface area (Å²) in [6, 6.07) is 18.9. The molecule has 3 aromatic carbocycles. The zero-order valence-corrected chi connectivity index (χ0v) is 14.6. The van der Waals surface area contributed by atoms with E-state index in [4.69, 9.17) is 9.84 Å². The van der Waals surface area contributed by atoms with Gasteiger partial charge in [-0.1, -0.05) is 42.5 Å². The van der Waals surface area contributed by atoms with Gasteiger partial charge in [-0.2, -0.15) is 0 Å². The predicted molar refractivity (Wildman–Crippen MR) is 102 cm³/mol. The fraction of sp³-hybridized carbons (Fsp3) is 0.190. The number of fused-ring (bicyclic) bond motifs is 1. The Morgan fingerprint density at radius 1 is 1.08 bits per heavy atom. The summed E-state index contributed by atoms with van der Waals surface area (Å²) >= 11 is 0. The standard InChI is InChI=1S/C21H21NO4/c1-22(11-12-23)17-9-10-19(21(24)25)20(13-17)26-14-16-7-4-6-15-5-2-3-8-18(15)16/h2-10,13,23H,11-12,14H2,1H3,(H,24,25). The number of carboxylic acids is 1. The lowest BCUT2D eigenvalue weighted by atomic mass is 10.1. The summed E-state index contributed by atoms with van der Waals surface area (Å²) in [5.41, 5.74) is 1.90. The molecule has 0 fully saturated rings. The predicted octanol–water partition coefficient (Wildman–Crippen LogP) is 3.55. The highest BCUT2D eigenvalue weighted by molar-refractivity contribution is 5.91. The van der Waals surface area contributed by atoms with Crippen LogP contribution in [0.15, 0.2) is 60.7 Å². The molecule has 0 aromatic heterocycles. The highest BCUT2D eigenvalue weighted by Gasteiger charge is 2.14. The van der Waals surface area contributed by atoms with Crippen LogP contribution in [0.1, 0.15) is 15.9 Å². The molecule has 5 heteroatoms. The lowest BCUT2D eigenvalue weighted by Gasteiger charge is -2.20. The van der Waals surface area contributed by atoms with E-state index in [0.29, 0.717) is 12.3 Å². The maximum absolute atomic E-state index is 11.5. The molecule has 0 amide bonds. The molecule has 0 unspecified atom stereocenters. The van der Waals surface area contributed by atoms with Gasteiger partial charge in [-0.3, -0.25) is 0 Å². The first kappa shape index (κ1) is 17.8. The van der Waals surface area contributed by atoms with E-state index in [2.05, 4.69) is 0 Å². The number of anilines is 1. The number of aromatic carboxylic acids is 1. The topological polar surface area (TPSA) is 70.0 Å². The van der Waals surface area contributed by atoms with Crippen LogP contribution >= 0.6 is 0 Å². The second kappa shape index (κ2) is 7.89. The Hall–Kier alpha value is -3.05. The minimum absolute atomic E-state index is 0.0172. The van der Waals surface area contributed by atoms with E-state index in [-0.39, 0.29) is 18.8 Å². The molecule has 0 radical (unpaired) electrons. The normalized spacial score (nSPS) is 10.7. The highest BCUT2D eigenvalue weighted by Crippen LogP contribution is 2.27. The van der Waals surface area contributed by atoms with Gasteiger partial charge in [0, 0.05) is 25.3 Å². The second-order valence-corrected chi connectivity index (χ2v) is 6.06. The number of benzene rings is 3. The zero-order valence-electron chi connectivity index (χ0n) is 14.6. The molecule has 26 heavy (non-hydrogen) atoms. The number of aliphatic hydroxyl groups is 1. The Morgan fingerprint density at radius 3 is 2.62 bits per heavy atom. The Balaban J connectivity index is 1.90. The van der Waals surface area contributed by atoms with Gasteiger partial charge in [0.15, 0.2) is 0 Å². The van der Waals surface area contributed by atoms with Gasteiger partial charge in [0.1, 0.15) is 17.9 Å². The van der Waals surface area contributed by atoms with E-state index < -0.39 is 5.97 Å². The number of hydrogen-bond acceptors (Lipinski definition) is 4. The van der Waals surface area contributed by atoms with Crippen LogP contribution in [-0.2, 0) is 6.61 Å². The molecule has 5 nitrogen and oxygen atoms in total. The average molecular weight is 351 g/mol. The van der Waals surface area contributed by atoms with Crippen LogP contribution in [0.5, 0.6) is 5.75 Å². The van der Waals surface area contributed by atoms with Crippen LogP contribution < -0.4 is 9.64 Å². The SMILES string of the molecule is CN(CCO)c1ccc(C(=O)O)c(OCc2cccc3ccccc23)c1. The van der Waals surface area contributed by atoms with Gasteiger partial charge < -0.3 is 19.8 Å². The summed E-state index contributed by atoms with van der Waals surface area (Å²) in [5, 5.41) is 20.7. The largest absolute Gasteiger partial charge is 0.488 e. The molecule has 3 rings (SSSR count). The van der Waals surface area contributed by atoms with E-state index >= 15 is 0 Å². The number of rotatable bonds is 7. The summed E-state index contributed by atoms with van der Waals surface area (Å²) in [5.74, 6) is -0.720. The summed E-state index contributed by atoms with van der Waals surface area (Å²) in [6.07, 6.45) is 0. The lowest BCUT2D eigenvalue weighted by Crippen LogP contribution is -2.21. The van der Waals surface area contributed by atoms with Crippen molar-refractivity contribution in [1.82, 2.24) is 0 Å². The van der Waals surface area contributed by atoms with Crippen LogP contribution in [0.2, 0.25) is 0 Å². The van der Waals surface area contributed by atoms with E-state index in [1.54, 1.807) is 12.1 Å². The monoisotopic (exact) mass is 351 g/mol. The van der Waals surface area contributed by atoms with E-state index in [1.165, 1.54) is 6.07 Å². The zero-order chi connectivity index (χ0) is 18.5. The Morgan fingerprint density at radius 2 is 1.85 bits per heavy atom. The summed E-state index contributed by atoms with van der Waals surface area (Å²) in [4.78, 5) is 13.4. The van der Waals surface area contributed by atoms with Crippen molar-refractivity contribution in [3.63, 3.8) is 0 Å². The smallest absolute Gasteiger partial charge is 0.339 e. The first-order chi connectivity index (χ1) is 12.6. The first-order valence-corrected chi connectivity index (χ1v) is 8.39. The summed E-state index contributed by atoms with van der Waals surface area (Å²) < 4.78 is 5.89. The van der Waals surface area contributed by atoms with Crippen LogP contribution in [0.25, 0.3) is 10.8 Å². The Kier molecular flexibility index (Phi) is 5.39. The molecule has 134 valence electrons. The molecule has 0 spiro atoms. The molecule has 0 saturated carbocycles. The molecule has 0 saturated heterocycles. The van der Waals surface area contributed by atoms with E-state index in [9.17, 15) is 9.90 Å². The van der Waals surface area contributed by atoms with E-state index in [1.807, 2.05) is 54.4 Å². The molecule has 0 bridgehead atoms. The first-order valence-electron chi connectivity index (χ1n) is 8.39. The molecule has 2 N–H and O–H groups in total. The fourth-order valence-corrected chi connectivity index (χ4v) is 2.90. The second-order valence-electron chi connectivity index (χ2n) is 6.06. The number of hydrogen-bond donors (Lipinski definition) is 2. The quantitative estimate of drug-likeness (QED) is 0.681. The van der Waals surface area contributed by atoms with Gasteiger partial charge in [-0.25, -0.2) is 4.79 Å². The average Bonchev–Trinajstić information content (AvgIpc) is 2.66. The number of carbonyl (C=O) groups is 1. The maximum atomic E-state index is 11.5. The van der Waals surface area contributed by atoms with Crippen LogP contribution in [0, 0.1) is 0 Å². The van der Waals surface area contributed by atoms with Crippen molar-refractivity contribution < 1.29 is 19.7 Å². The fourth-order valence-electron chi connectivity index (χ4n) is 2.90. The van der Waals surface area contributed by atoms with Gasteiger partial charge in [0.25, 0.3) is 0 Å². The lowest BCUT2D eigenvalue weighted by molar-refractivity contribution is 0.0692. The third kappa shape index (κ3) is 3.78. The number of likely N-dealkylation sites (N-methyl/N-ethyl adjacent to an activating group) is 1. The molecule has 0 heterocycles. The van der Waals surface area contributed by atoms with Gasteiger partial charge >= 0.3 is 5.97 Å². The highest BCUT2D eigenvalue weighted by atomic mass is 16.5. The molecule has 0 aliphatic carbocycles. The van der Waals surface area contributed by atoms with Crippen molar-refractivity contribution >= 4 is 22.4 Å². The van der Waals surface area contributed by atoms with Crippen LogP contribution in [-0.4, -0.2) is 36.4 Å². The van der Waals surface area contributed by atoms with Gasteiger partial charge in [0.2, 0.25) is 0 Å². The van der Waals surface area contributed by atoms with Crippen LogP contribution in [0.4, 0.5) is 5.69 Å². The van der Waals surface area contributed by atoms with Crippen molar-refractivity contribution in [2.75, 3.05) is 25.1 Å². The number of nitrogens with zero attached hydrogens (tertiary/aromatic N) is 1. The van der Waals surface area contributed by atoms with Gasteiger partial charge in [-0.15, -0.1) is 0 Å². The Labute approximate surface area is 152 Å².